The zero-order chi connectivity index (χ0) is 20.9. The normalized spacial score (nSPS) is 13.1. The molecule has 0 aliphatic heterocycles. The van der Waals surface area contributed by atoms with E-state index in [9.17, 15) is 10.1 Å². The molecule has 2 heterocycles. The highest BCUT2D eigenvalue weighted by atomic mass is 32.2. The van der Waals surface area contributed by atoms with Gasteiger partial charge < -0.3 is 5.32 Å². The zero-order valence-corrected chi connectivity index (χ0v) is 18.3. The number of nitrogens with zero attached hydrogens (tertiary/aromatic N) is 4. The molecule has 1 amide bonds. The van der Waals surface area contributed by atoms with Crippen molar-refractivity contribution >= 4 is 29.0 Å². The molecule has 3 rings (SSSR count). The van der Waals surface area contributed by atoms with Crippen LogP contribution in [-0.4, -0.2) is 32.0 Å². The molecule has 150 valence electrons. The average Bonchev–Trinajstić information content (AvgIpc) is 3.37. The fourth-order valence-corrected chi connectivity index (χ4v) is 4.10. The number of amides is 1. The summed E-state index contributed by atoms with van der Waals surface area (Å²) in [6.45, 7) is 6.20. The second kappa shape index (κ2) is 9.25. The fourth-order valence-electron chi connectivity index (χ4n) is 2.65. The molecule has 0 saturated carbocycles. The lowest BCUT2D eigenvalue weighted by atomic mass is 9.90. The van der Waals surface area contributed by atoms with Crippen molar-refractivity contribution in [3.8, 4) is 16.8 Å². The molecule has 8 heteroatoms. The van der Waals surface area contributed by atoms with Crippen molar-refractivity contribution in [2.75, 3.05) is 5.75 Å². The van der Waals surface area contributed by atoms with Gasteiger partial charge in [-0.2, -0.15) is 5.26 Å². The van der Waals surface area contributed by atoms with Crippen LogP contribution < -0.4 is 5.32 Å². The van der Waals surface area contributed by atoms with Gasteiger partial charge in [0.2, 0.25) is 5.91 Å². The maximum Gasteiger partial charge on any atom is 0.231 e. The monoisotopic (exact) mass is 425 g/mol. The van der Waals surface area contributed by atoms with Gasteiger partial charge in [0.15, 0.2) is 11.0 Å². The Morgan fingerprint density at radius 3 is 2.66 bits per heavy atom. The Balaban J connectivity index is 1.79. The standard InChI is InChI=1S/C21H23N5OS2/c1-15(2)21(3,14-22)23-18(27)13-29-20-25-24-19(17-10-7-11-28-17)26(20)12-16-8-5-4-6-9-16/h4-11,15H,12-13H2,1-3H3,(H,23,27). The van der Waals surface area contributed by atoms with E-state index in [0.29, 0.717) is 11.7 Å². The molecule has 0 fully saturated rings. The van der Waals surface area contributed by atoms with Crippen LogP contribution in [0.15, 0.2) is 53.0 Å². The lowest BCUT2D eigenvalue weighted by molar-refractivity contribution is -0.120. The topological polar surface area (TPSA) is 83.6 Å². The van der Waals surface area contributed by atoms with Gasteiger partial charge in [0.1, 0.15) is 5.54 Å². The van der Waals surface area contributed by atoms with Crippen molar-refractivity contribution in [2.24, 2.45) is 5.92 Å². The quantitative estimate of drug-likeness (QED) is 0.547. The van der Waals surface area contributed by atoms with Crippen molar-refractivity contribution in [2.45, 2.75) is 38.0 Å². The summed E-state index contributed by atoms with van der Waals surface area (Å²) in [6.07, 6.45) is 0. The Morgan fingerprint density at radius 2 is 2.03 bits per heavy atom. The Kier molecular flexibility index (Phi) is 6.72. The van der Waals surface area contributed by atoms with Gasteiger partial charge >= 0.3 is 0 Å². The molecule has 0 saturated heterocycles. The van der Waals surface area contributed by atoms with Gasteiger partial charge in [-0.25, -0.2) is 0 Å². The van der Waals surface area contributed by atoms with Crippen LogP contribution in [0.1, 0.15) is 26.3 Å². The summed E-state index contributed by atoms with van der Waals surface area (Å²) in [5.41, 5.74) is 0.241. The van der Waals surface area contributed by atoms with Crippen LogP contribution in [0.4, 0.5) is 0 Å². The largest absolute Gasteiger partial charge is 0.337 e. The minimum atomic E-state index is -0.891. The SMILES string of the molecule is CC(C)C(C)(C#N)NC(=O)CSc1nnc(-c2cccs2)n1Cc1ccccc1. The number of hydrogen-bond acceptors (Lipinski definition) is 6. The molecule has 3 aromatic rings. The van der Waals surface area contributed by atoms with E-state index in [2.05, 4.69) is 33.7 Å². The minimum Gasteiger partial charge on any atom is -0.337 e. The molecule has 2 aromatic heterocycles. The first-order valence-electron chi connectivity index (χ1n) is 9.29. The first-order valence-corrected chi connectivity index (χ1v) is 11.2. The first kappa shape index (κ1) is 21.1. The number of carbonyl (C=O) groups is 1. The Bertz CT molecular complexity index is 992. The molecule has 1 unspecified atom stereocenters. The second-order valence-electron chi connectivity index (χ2n) is 7.16. The van der Waals surface area contributed by atoms with Crippen molar-refractivity contribution in [3.05, 3.63) is 53.4 Å². The summed E-state index contributed by atoms with van der Waals surface area (Å²) in [4.78, 5) is 13.5. The van der Waals surface area contributed by atoms with E-state index in [1.165, 1.54) is 11.8 Å². The zero-order valence-electron chi connectivity index (χ0n) is 16.6. The van der Waals surface area contributed by atoms with E-state index in [1.807, 2.05) is 54.1 Å². The maximum atomic E-state index is 12.5. The molecule has 0 aliphatic rings. The van der Waals surface area contributed by atoms with Crippen LogP contribution in [-0.2, 0) is 11.3 Å². The Labute approximate surface area is 179 Å². The van der Waals surface area contributed by atoms with E-state index in [1.54, 1.807) is 18.3 Å². The third-order valence-electron chi connectivity index (χ3n) is 4.76. The summed E-state index contributed by atoms with van der Waals surface area (Å²) in [6, 6.07) is 16.3. The molecule has 1 aromatic carbocycles. The van der Waals surface area contributed by atoms with Crippen LogP contribution in [0.5, 0.6) is 0 Å². The Morgan fingerprint density at radius 1 is 1.28 bits per heavy atom. The third kappa shape index (κ3) is 5.05. The second-order valence-corrected chi connectivity index (χ2v) is 9.05. The number of rotatable bonds is 8. The van der Waals surface area contributed by atoms with Crippen LogP contribution in [0.3, 0.4) is 0 Å². The average molecular weight is 426 g/mol. The molecular formula is C21H23N5OS2. The van der Waals surface area contributed by atoms with E-state index in [0.717, 1.165) is 16.3 Å². The smallest absolute Gasteiger partial charge is 0.231 e. The van der Waals surface area contributed by atoms with Crippen LogP contribution >= 0.6 is 23.1 Å². The molecule has 0 spiro atoms. The van der Waals surface area contributed by atoms with Gasteiger partial charge in [0.25, 0.3) is 0 Å². The number of thioether (sulfide) groups is 1. The van der Waals surface area contributed by atoms with Gasteiger partial charge in [-0.05, 0) is 29.9 Å². The maximum absolute atomic E-state index is 12.5. The molecule has 29 heavy (non-hydrogen) atoms. The number of nitrogens with one attached hydrogen (secondary N) is 1. The van der Waals surface area contributed by atoms with E-state index in [4.69, 9.17) is 0 Å². The predicted octanol–water partition coefficient (Wildman–Crippen LogP) is 4.20. The highest BCUT2D eigenvalue weighted by Crippen LogP contribution is 2.28. The minimum absolute atomic E-state index is 0.00798. The molecule has 0 bridgehead atoms. The number of hydrogen-bond donors (Lipinski definition) is 1. The van der Waals surface area contributed by atoms with E-state index in [-0.39, 0.29) is 17.6 Å². The predicted molar refractivity (Wildman–Crippen MR) is 117 cm³/mol. The number of thiophene rings is 1. The highest BCUT2D eigenvalue weighted by Gasteiger charge is 2.30. The van der Waals surface area contributed by atoms with Crippen molar-refractivity contribution in [3.63, 3.8) is 0 Å². The Hall–Kier alpha value is -2.63. The highest BCUT2D eigenvalue weighted by molar-refractivity contribution is 7.99. The number of carbonyl (C=O) groups excluding carboxylic acids is 1. The summed E-state index contributed by atoms with van der Waals surface area (Å²) >= 11 is 2.93. The molecule has 0 aliphatic carbocycles. The molecule has 1 atom stereocenters. The van der Waals surface area contributed by atoms with Crippen molar-refractivity contribution in [1.82, 2.24) is 20.1 Å². The third-order valence-corrected chi connectivity index (χ3v) is 6.59. The van der Waals surface area contributed by atoms with Crippen LogP contribution in [0.25, 0.3) is 10.7 Å². The van der Waals surface area contributed by atoms with Gasteiger partial charge in [-0.3, -0.25) is 9.36 Å². The summed E-state index contributed by atoms with van der Waals surface area (Å²) < 4.78 is 2.03. The number of aromatic nitrogens is 3. The fraction of sp³-hybridized carbons (Fsp3) is 0.333. The molecule has 6 nitrogen and oxygen atoms in total. The lowest BCUT2D eigenvalue weighted by Gasteiger charge is -2.27. The van der Waals surface area contributed by atoms with Crippen LogP contribution in [0, 0.1) is 17.2 Å². The summed E-state index contributed by atoms with van der Waals surface area (Å²) in [5, 5.41) is 23.6. The van der Waals surface area contributed by atoms with Gasteiger partial charge in [-0.15, -0.1) is 21.5 Å². The van der Waals surface area contributed by atoms with Crippen molar-refractivity contribution in [1.29, 1.82) is 5.26 Å². The van der Waals surface area contributed by atoms with Crippen LogP contribution in [0.2, 0.25) is 0 Å². The molecular weight excluding hydrogens is 402 g/mol. The summed E-state index contributed by atoms with van der Waals surface area (Å²) in [5.74, 6) is 0.769. The summed E-state index contributed by atoms with van der Waals surface area (Å²) in [7, 11) is 0. The molecule has 1 N–H and O–H groups in total. The van der Waals surface area contributed by atoms with E-state index < -0.39 is 5.54 Å². The van der Waals surface area contributed by atoms with Gasteiger partial charge in [0.05, 0.1) is 23.2 Å². The van der Waals surface area contributed by atoms with E-state index >= 15 is 0 Å². The first-order chi connectivity index (χ1) is 13.9. The van der Waals surface area contributed by atoms with Gasteiger partial charge in [0, 0.05) is 0 Å². The lowest BCUT2D eigenvalue weighted by Crippen LogP contribution is -2.49. The molecule has 0 radical (unpaired) electrons. The van der Waals surface area contributed by atoms with Crippen molar-refractivity contribution < 1.29 is 4.79 Å². The number of benzene rings is 1. The van der Waals surface area contributed by atoms with Gasteiger partial charge in [-0.1, -0.05) is 62.0 Å². The number of nitriles is 1.